The lowest BCUT2D eigenvalue weighted by atomic mass is 10.0. The van der Waals surface area contributed by atoms with Gasteiger partial charge in [-0.05, 0) is 32.2 Å². The number of nitrogens with one attached hydrogen (secondary N) is 1. The van der Waals surface area contributed by atoms with E-state index in [1.165, 1.54) is 50.0 Å². The number of amides is 1. The van der Waals surface area contributed by atoms with Gasteiger partial charge in [-0.15, -0.1) is 11.3 Å². The fraction of sp³-hybridized carbons (Fsp3) is 0.714. The maximum atomic E-state index is 12.1. The molecule has 1 amide bonds. The highest BCUT2D eigenvalue weighted by atomic mass is 32.1. The predicted molar refractivity (Wildman–Crippen MR) is 80.8 cm³/mol. The van der Waals surface area contributed by atoms with Crippen LogP contribution < -0.4 is 11.1 Å². The summed E-state index contributed by atoms with van der Waals surface area (Å²) in [4.78, 5) is 18.7. The molecule has 3 rings (SSSR count). The minimum absolute atomic E-state index is 0.0868. The number of aromatic nitrogens is 1. The van der Waals surface area contributed by atoms with E-state index in [2.05, 4.69) is 15.2 Å². The summed E-state index contributed by atoms with van der Waals surface area (Å²) in [6, 6.07) is 0.990. The molecule has 2 fully saturated rings. The SMILES string of the molecule is Nc1nc(C(=O)N[C@H]2CCCN(C3CCCC3)C2)cs1. The van der Waals surface area contributed by atoms with Crippen LogP contribution in [0.3, 0.4) is 0 Å². The number of hydrogen-bond acceptors (Lipinski definition) is 5. The minimum atomic E-state index is -0.0868. The van der Waals surface area contributed by atoms with Crippen molar-refractivity contribution in [1.29, 1.82) is 0 Å². The van der Waals surface area contributed by atoms with Crippen LogP contribution in [0.25, 0.3) is 0 Å². The van der Waals surface area contributed by atoms with Gasteiger partial charge < -0.3 is 11.1 Å². The number of piperidine rings is 1. The van der Waals surface area contributed by atoms with Gasteiger partial charge in [0.25, 0.3) is 5.91 Å². The predicted octanol–water partition coefficient (Wildman–Crippen LogP) is 1.86. The molecule has 5 nitrogen and oxygen atoms in total. The summed E-state index contributed by atoms with van der Waals surface area (Å²) in [5.41, 5.74) is 6.02. The molecular formula is C14H22N4OS. The zero-order valence-electron chi connectivity index (χ0n) is 11.7. The second-order valence-corrected chi connectivity index (χ2v) is 6.71. The molecule has 1 saturated heterocycles. The number of nitrogens with zero attached hydrogens (tertiary/aromatic N) is 2. The topological polar surface area (TPSA) is 71.2 Å². The fourth-order valence-electron chi connectivity index (χ4n) is 3.38. The first-order chi connectivity index (χ1) is 9.72. The van der Waals surface area contributed by atoms with Crippen LogP contribution in [0.2, 0.25) is 0 Å². The number of carbonyl (C=O) groups excluding carboxylic acids is 1. The van der Waals surface area contributed by atoms with Crippen LogP contribution >= 0.6 is 11.3 Å². The van der Waals surface area contributed by atoms with Gasteiger partial charge in [-0.1, -0.05) is 12.8 Å². The molecule has 2 heterocycles. The molecule has 6 heteroatoms. The number of rotatable bonds is 3. The van der Waals surface area contributed by atoms with Gasteiger partial charge >= 0.3 is 0 Å². The van der Waals surface area contributed by atoms with Crippen molar-refractivity contribution >= 4 is 22.4 Å². The molecule has 110 valence electrons. The van der Waals surface area contributed by atoms with E-state index in [0.717, 1.165) is 19.0 Å². The summed E-state index contributed by atoms with van der Waals surface area (Å²) in [5, 5.41) is 5.28. The van der Waals surface area contributed by atoms with Crippen molar-refractivity contribution in [3.8, 4) is 0 Å². The molecular weight excluding hydrogens is 272 g/mol. The van der Waals surface area contributed by atoms with Gasteiger partial charge in [-0.2, -0.15) is 0 Å². The zero-order valence-corrected chi connectivity index (χ0v) is 12.5. The fourth-order valence-corrected chi connectivity index (χ4v) is 3.92. The lowest BCUT2D eigenvalue weighted by molar-refractivity contribution is 0.0871. The first-order valence-electron chi connectivity index (χ1n) is 7.48. The van der Waals surface area contributed by atoms with E-state index in [1.54, 1.807) is 5.38 Å². The molecule has 20 heavy (non-hydrogen) atoms. The van der Waals surface area contributed by atoms with Crippen molar-refractivity contribution in [2.24, 2.45) is 0 Å². The highest BCUT2D eigenvalue weighted by Gasteiger charge is 2.28. The lowest BCUT2D eigenvalue weighted by Crippen LogP contribution is -2.50. The standard InChI is InChI=1S/C14H22N4OS/c15-14-17-12(9-20-14)13(19)16-10-4-3-7-18(8-10)11-5-1-2-6-11/h9-11H,1-8H2,(H2,15,17)(H,16,19)/t10-/m0/s1. The number of likely N-dealkylation sites (tertiary alicyclic amines) is 1. The molecule has 1 aliphatic heterocycles. The Morgan fingerprint density at radius 3 is 2.85 bits per heavy atom. The summed E-state index contributed by atoms with van der Waals surface area (Å²) < 4.78 is 0. The highest BCUT2D eigenvalue weighted by molar-refractivity contribution is 7.13. The van der Waals surface area contributed by atoms with E-state index in [0.29, 0.717) is 10.8 Å². The van der Waals surface area contributed by atoms with Gasteiger partial charge in [-0.25, -0.2) is 4.98 Å². The van der Waals surface area contributed by atoms with Crippen LogP contribution in [0.5, 0.6) is 0 Å². The average molecular weight is 294 g/mol. The van der Waals surface area contributed by atoms with E-state index >= 15 is 0 Å². The normalized spacial score (nSPS) is 24.9. The molecule has 0 aromatic carbocycles. The third kappa shape index (κ3) is 3.12. The summed E-state index contributed by atoms with van der Waals surface area (Å²) in [7, 11) is 0. The Balaban J connectivity index is 1.55. The summed E-state index contributed by atoms with van der Waals surface area (Å²) in [6.07, 6.45) is 7.59. The second kappa shape index (κ2) is 6.10. The van der Waals surface area contributed by atoms with E-state index in [1.807, 2.05) is 0 Å². The number of carbonyl (C=O) groups is 1. The van der Waals surface area contributed by atoms with Crippen LogP contribution in [0.4, 0.5) is 5.13 Å². The molecule has 0 spiro atoms. The van der Waals surface area contributed by atoms with Gasteiger partial charge in [0.15, 0.2) is 5.13 Å². The number of nitrogens with two attached hydrogens (primary N) is 1. The molecule has 1 aromatic heterocycles. The monoisotopic (exact) mass is 294 g/mol. The number of thiazole rings is 1. The van der Waals surface area contributed by atoms with Crippen LogP contribution in [-0.4, -0.2) is 41.0 Å². The second-order valence-electron chi connectivity index (χ2n) is 5.82. The molecule has 1 saturated carbocycles. The number of nitrogen functional groups attached to an aromatic ring is 1. The highest BCUT2D eigenvalue weighted by Crippen LogP contribution is 2.26. The summed E-state index contributed by atoms with van der Waals surface area (Å²) in [6.45, 7) is 2.16. The van der Waals surface area contributed by atoms with E-state index in [4.69, 9.17) is 5.73 Å². The van der Waals surface area contributed by atoms with Crippen LogP contribution in [-0.2, 0) is 0 Å². The van der Waals surface area contributed by atoms with Gasteiger partial charge in [0.1, 0.15) is 5.69 Å². The van der Waals surface area contributed by atoms with Gasteiger partial charge in [-0.3, -0.25) is 9.69 Å². The van der Waals surface area contributed by atoms with Crippen molar-refractivity contribution in [2.45, 2.75) is 50.6 Å². The summed E-state index contributed by atoms with van der Waals surface area (Å²) in [5.74, 6) is -0.0868. The quantitative estimate of drug-likeness (QED) is 0.892. The first-order valence-corrected chi connectivity index (χ1v) is 8.36. The van der Waals surface area contributed by atoms with Crippen molar-refractivity contribution in [2.75, 3.05) is 18.8 Å². The molecule has 3 N–H and O–H groups in total. The van der Waals surface area contributed by atoms with Crippen LogP contribution in [0.1, 0.15) is 49.0 Å². The molecule has 1 atom stereocenters. The maximum Gasteiger partial charge on any atom is 0.271 e. The number of hydrogen-bond donors (Lipinski definition) is 2. The van der Waals surface area contributed by atoms with Gasteiger partial charge in [0.2, 0.25) is 0 Å². The zero-order chi connectivity index (χ0) is 13.9. The Hall–Kier alpha value is -1.14. The lowest BCUT2D eigenvalue weighted by Gasteiger charge is -2.37. The third-order valence-corrected chi connectivity index (χ3v) is 5.06. The third-order valence-electron chi connectivity index (χ3n) is 4.38. The Labute approximate surface area is 123 Å². The molecule has 0 bridgehead atoms. The molecule has 1 aromatic rings. The average Bonchev–Trinajstić information content (AvgIpc) is 3.10. The van der Waals surface area contributed by atoms with E-state index in [-0.39, 0.29) is 11.9 Å². The van der Waals surface area contributed by atoms with Crippen molar-refractivity contribution in [3.63, 3.8) is 0 Å². The van der Waals surface area contributed by atoms with E-state index < -0.39 is 0 Å². The molecule has 2 aliphatic rings. The molecule has 0 unspecified atom stereocenters. The molecule has 1 aliphatic carbocycles. The van der Waals surface area contributed by atoms with Crippen LogP contribution in [0.15, 0.2) is 5.38 Å². The van der Waals surface area contributed by atoms with Crippen molar-refractivity contribution in [3.05, 3.63) is 11.1 Å². The van der Waals surface area contributed by atoms with Crippen molar-refractivity contribution < 1.29 is 4.79 Å². The Bertz CT molecular complexity index is 469. The van der Waals surface area contributed by atoms with E-state index in [9.17, 15) is 4.79 Å². The van der Waals surface area contributed by atoms with Gasteiger partial charge in [0.05, 0.1) is 0 Å². The largest absolute Gasteiger partial charge is 0.375 e. The smallest absolute Gasteiger partial charge is 0.271 e. The maximum absolute atomic E-state index is 12.1. The summed E-state index contributed by atoms with van der Waals surface area (Å²) >= 11 is 1.31. The van der Waals surface area contributed by atoms with Crippen LogP contribution in [0, 0.1) is 0 Å². The first kappa shape index (κ1) is 13.8. The number of anilines is 1. The molecule has 0 radical (unpaired) electrons. The minimum Gasteiger partial charge on any atom is -0.375 e. The van der Waals surface area contributed by atoms with Gasteiger partial charge in [0, 0.05) is 24.0 Å². The Morgan fingerprint density at radius 1 is 1.35 bits per heavy atom. The Morgan fingerprint density at radius 2 is 2.15 bits per heavy atom. The Kier molecular flexibility index (Phi) is 4.21. The van der Waals surface area contributed by atoms with Crippen molar-refractivity contribution in [1.82, 2.24) is 15.2 Å².